The van der Waals surface area contributed by atoms with E-state index in [0.717, 1.165) is 6.42 Å². The lowest BCUT2D eigenvalue weighted by Gasteiger charge is -2.30. The third-order valence-electron chi connectivity index (χ3n) is 5.10. The van der Waals surface area contributed by atoms with Gasteiger partial charge in [0.25, 0.3) is 0 Å². The van der Waals surface area contributed by atoms with Crippen LogP contribution >= 0.6 is 0 Å². The van der Waals surface area contributed by atoms with Gasteiger partial charge in [0.1, 0.15) is 0 Å². The highest BCUT2D eigenvalue weighted by Gasteiger charge is 2.33. The van der Waals surface area contributed by atoms with Crippen molar-refractivity contribution in [3.63, 3.8) is 0 Å². The SMILES string of the molecule is COC(=O)C1CCN(S(=O)(=O)c2ccc(N3CCCCS3(=O)=O)cc2)CC1. The fourth-order valence-electron chi connectivity index (χ4n) is 3.51. The van der Waals surface area contributed by atoms with Gasteiger partial charge in [0.05, 0.1) is 29.4 Å². The molecule has 0 spiro atoms. The second-order valence-corrected chi connectivity index (χ2v) is 10.7. The number of hydrogen-bond donors (Lipinski definition) is 0. The van der Waals surface area contributed by atoms with Gasteiger partial charge in [0, 0.05) is 19.6 Å². The minimum absolute atomic E-state index is 0.113. The van der Waals surface area contributed by atoms with Crippen LogP contribution in [0.25, 0.3) is 0 Å². The fourth-order valence-corrected chi connectivity index (χ4v) is 6.62. The van der Waals surface area contributed by atoms with E-state index in [4.69, 9.17) is 4.74 Å². The van der Waals surface area contributed by atoms with Gasteiger partial charge in [-0.05, 0) is 49.9 Å². The standard InChI is InChI=1S/C17H24N2O6S2/c1-25-17(20)14-8-11-18(12-9-14)27(23,24)16-6-4-15(5-7-16)19-10-2-3-13-26(19,21)22/h4-7,14H,2-3,8-13H2,1H3. The van der Waals surface area contributed by atoms with Gasteiger partial charge in [-0.15, -0.1) is 0 Å². The molecule has 27 heavy (non-hydrogen) atoms. The van der Waals surface area contributed by atoms with Crippen LogP contribution in [0.1, 0.15) is 25.7 Å². The number of esters is 1. The Balaban J connectivity index is 1.74. The summed E-state index contributed by atoms with van der Waals surface area (Å²) in [5, 5.41) is 0. The number of piperidine rings is 1. The van der Waals surface area contributed by atoms with Gasteiger partial charge in [-0.2, -0.15) is 4.31 Å². The second-order valence-electron chi connectivity index (χ2n) is 6.79. The largest absolute Gasteiger partial charge is 0.469 e. The van der Waals surface area contributed by atoms with E-state index in [2.05, 4.69) is 0 Å². The third kappa shape index (κ3) is 4.12. The molecule has 0 radical (unpaired) electrons. The van der Waals surface area contributed by atoms with E-state index in [0.29, 0.717) is 31.5 Å². The van der Waals surface area contributed by atoms with E-state index < -0.39 is 20.0 Å². The molecular weight excluding hydrogens is 392 g/mol. The first-order chi connectivity index (χ1) is 12.8. The molecule has 0 bridgehead atoms. The lowest BCUT2D eigenvalue weighted by Crippen LogP contribution is -2.40. The molecule has 2 heterocycles. The molecule has 2 aliphatic heterocycles. The quantitative estimate of drug-likeness (QED) is 0.684. The normalized spacial score (nSPS) is 21.7. The Morgan fingerprint density at radius 1 is 1.07 bits per heavy atom. The molecule has 1 aromatic carbocycles. The van der Waals surface area contributed by atoms with Crippen molar-refractivity contribution in [2.24, 2.45) is 5.92 Å². The van der Waals surface area contributed by atoms with Crippen molar-refractivity contribution in [1.29, 1.82) is 0 Å². The van der Waals surface area contributed by atoms with Gasteiger partial charge >= 0.3 is 5.97 Å². The molecule has 3 rings (SSSR count). The zero-order valence-corrected chi connectivity index (χ0v) is 16.8. The van der Waals surface area contributed by atoms with Crippen molar-refractivity contribution < 1.29 is 26.4 Å². The molecule has 10 heteroatoms. The summed E-state index contributed by atoms with van der Waals surface area (Å²) >= 11 is 0. The zero-order valence-electron chi connectivity index (χ0n) is 15.2. The first kappa shape index (κ1) is 20.1. The van der Waals surface area contributed by atoms with Gasteiger partial charge in [0.2, 0.25) is 20.0 Å². The Labute approximate surface area is 160 Å². The van der Waals surface area contributed by atoms with E-state index in [1.807, 2.05) is 0 Å². The summed E-state index contributed by atoms with van der Waals surface area (Å²) in [5.74, 6) is -0.463. The average molecular weight is 417 g/mol. The van der Waals surface area contributed by atoms with Gasteiger partial charge in [-0.1, -0.05) is 0 Å². The molecular formula is C17H24N2O6S2. The van der Waals surface area contributed by atoms with Crippen LogP contribution < -0.4 is 4.31 Å². The smallest absolute Gasteiger partial charge is 0.308 e. The van der Waals surface area contributed by atoms with Crippen LogP contribution in [-0.4, -0.2) is 59.6 Å². The zero-order chi connectivity index (χ0) is 19.7. The summed E-state index contributed by atoms with van der Waals surface area (Å²) in [5.41, 5.74) is 0.484. The van der Waals surface area contributed by atoms with Crippen molar-refractivity contribution in [3.8, 4) is 0 Å². The van der Waals surface area contributed by atoms with Crippen molar-refractivity contribution in [2.75, 3.05) is 36.8 Å². The van der Waals surface area contributed by atoms with E-state index in [1.165, 1.54) is 40.0 Å². The molecule has 0 amide bonds. The number of anilines is 1. The van der Waals surface area contributed by atoms with Gasteiger partial charge < -0.3 is 4.74 Å². The van der Waals surface area contributed by atoms with Crippen LogP contribution in [-0.2, 0) is 29.6 Å². The lowest BCUT2D eigenvalue weighted by atomic mass is 9.99. The van der Waals surface area contributed by atoms with Crippen molar-refractivity contribution in [2.45, 2.75) is 30.6 Å². The number of benzene rings is 1. The molecule has 2 saturated heterocycles. The summed E-state index contributed by atoms with van der Waals surface area (Å²) < 4.78 is 57.4. The topological polar surface area (TPSA) is 101 Å². The Kier molecular flexibility index (Phi) is 5.78. The van der Waals surface area contributed by atoms with Crippen LogP contribution in [0, 0.1) is 5.92 Å². The highest BCUT2D eigenvalue weighted by molar-refractivity contribution is 7.92. The minimum Gasteiger partial charge on any atom is -0.469 e. The minimum atomic E-state index is -3.68. The molecule has 2 fully saturated rings. The number of rotatable bonds is 4. The molecule has 2 aliphatic rings. The molecule has 0 unspecified atom stereocenters. The highest BCUT2D eigenvalue weighted by atomic mass is 32.2. The number of nitrogens with zero attached hydrogens (tertiary/aromatic N) is 2. The van der Waals surface area contributed by atoms with E-state index in [1.54, 1.807) is 0 Å². The Bertz CT molecular complexity index is 888. The molecule has 8 nitrogen and oxygen atoms in total. The lowest BCUT2D eigenvalue weighted by molar-refractivity contribution is -0.146. The molecule has 0 atom stereocenters. The van der Waals surface area contributed by atoms with E-state index >= 15 is 0 Å². The number of ether oxygens (including phenoxy) is 1. The second kappa shape index (κ2) is 7.76. The van der Waals surface area contributed by atoms with Crippen LogP contribution in [0.5, 0.6) is 0 Å². The number of sulfonamides is 2. The number of methoxy groups -OCH3 is 1. The predicted octanol–water partition coefficient (Wildman–Crippen LogP) is 1.19. The first-order valence-electron chi connectivity index (χ1n) is 8.94. The van der Waals surface area contributed by atoms with E-state index in [9.17, 15) is 21.6 Å². The maximum Gasteiger partial charge on any atom is 0.308 e. The Hall–Kier alpha value is -1.65. The number of carbonyl (C=O) groups excluding carboxylic acids is 1. The Morgan fingerprint density at radius 2 is 1.70 bits per heavy atom. The summed E-state index contributed by atoms with van der Waals surface area (Å²) in [4.78, 5) is 11.7. The third-order valence-corrected chi connectivity index (χ3v) is 8.88. The molecule has 0 saturated carbocycles. The molecule has 150 valence electrons. The highest BCUT2D eigenvalue weighted by Crippen LogP contribution is 2.28. The molecule has 0 N–H and O–H groups in total. The van der Waals surface area contributed by atoms with Crippen LogP contribution in [0.4, 0.5) is 5.69 Å². The van der Waals surface area contributed by atoms with Gasteiger partial charge in [-0.25, -0.2) is 16.8 Å². The van der Waals surface area contributed by atoms with Crippen LogP contribution in [0.15, 0.2) is 29.2 Å². The van der Waals surface area contributed by atoms with Crippen LogP contribution in [0.2, 0.25) is 0 Å². The van der Waals surface area contributed by atoms with Crippen molar-refractivity contribution in [3.05, 3.63) is 24.3 Å². The first-order valence-corrected chi connectivity index (χ1v) is 12.0. The summed E-state index contributed by atoms with van der Waals surface area (Å²) in [7, 11) is -5.68. The molecule has 1 aromatic rings. The van der Waals surface area contributed by atoms with Crippen molar-refractivity contribution in [1.82, 2.24) is 4.31 Å². The average Bonchev–Trinajstić information content (AvgIpc) is 2.67. The van der Waals surface area contributed by atoms with Crippen LogP contribution in [0.3, 0.4) is 0 Å². The van der Waals surface area contributed by atoms with E-state index in [-0.39, 0.29) is 35.6 Å². The summed E-state index contributed by atoms with van der Waals surface area (Å²) in [6, 6.07) is 5.97. The fraction of sp³-hybridized carbons (Fsp3) is 0.588. The van der Waals surface area contributed by atoms with Crippen molar-refractivity contribution >= 4 is 31.7 Å². The molecule has 0 aromatic heterocycles. The summed E-state index contributed by atoms with van der Waals surface area (Å²) in [6.07, 6.45) is 2.28. The number of hydrogen-bond acceptors (Lipinski definition) is 6. The monoisotopic (exact) mass is 416 g/mol. The van der Waals surface area contributed by atoms with Gasteiger partial charge in [0.15, 0.2) is 0 Å². The molecule has 0 aliphatic carbocycles. The maximum atomic E-state index is 12.8. The summed E-state index contributed by atoms with van der Waals surface area (Å²) in [6.45, 7) is 0.921. The predicted molar refractivity (Wildman–Crippen MR) is 100 cm³/mol. The number of carbonyl (C=O) groups is 1. The maximum absolute atomic E-state index is 12.8. The Morgan fingerprint density at radius 3 is 2.26 bits per heavy atom. The van der Waals surface area contributed by atoms with Gasteiger partial charge in [-0.3, -0.25) is 9.10 Å².